The van der Waals surface area contributed by atoms with E-state index in [0.717, 1.165) is 37.2 Å². The van der Waals surface area contributed by atoms with Crippen molar-refractivity contribution in [3.05, 3.63) is 81.3 Å². The standard InChI is InChI=1S/C24H23N3O2S2/c1-16(24-26-21-9-4-5-10-22(21)31-24)27(3)23(28)12-11-18-7-6-8-20(13-18)29-14-19-15-30-17(2)25-19/h4-13,15-16H,14H2,1-3H3/b12-11+. The zero-order valence-corrected chi connectivity index (χ0v) is 19.2. The van der Waals surface area contributed by atoms with Crippen LogP contribution in [0.25, 0.3) is 16.3 Å². The SMILES string of the molecule is Cc1nc(COc2cccc(/C=C/C(=O)N(C)C(C)c3nc4ccccc4s3)c2)cs1. The lowest BCUT2D eigenvalue weighted by Crippen LogP contribution is -2.27. The Bertz CT molecular complexity index is 1200. The molecule has 0 fully saturated rings. The number of rotatable bonds is 7. The smallest absolute Gasteiger partial charge is 0.246 e. The highest BCUT2D eigenvalue weighted by Crippen LogP contribution is 2.29. The number of carbonyl (C=O) groups is 1. The number of aryl methyl sites for hydroxylation is 1. The van der Waals surface area contributed by atoms with Gasteiger partial charge in [0.15, 0.2) is 0 Å². The molecule has 0 saturated carbocycles. The molecule has 0 saturated heterocycles. The van der Waals surface area contributed by atoms with Crippen molar-refractivity contribution in [2.45, 2.75) is 26.5 Å². The number of hydrogen-bond acceptors (Lipinski definition) is 6. The highest BCUT2D eigenvalue weighted by Gasteiger charge is 2.19. The Balaban J connectivity index is 1.39. The first-order valence-electron chi connectivity index (χ1n) is 9.94. The molecule has 4 aromatic rings. The predicted molar refractivity (Wildman–Crippen MR) is 127 cm³/mol. The van der Waals surface area contributed by atoms with Crippen LogP contribution in [0, 0.1) is 6.92 Å². The van der Waals surface area contributed by atoms with Crippen molar-refractivity contribution in [2.24, 2.45) is 0 Å². The van der Waals surface area contributed by atoms with Gasteiger partial charge in [-0.05, 0) is 49.8 Å². The summed E-state index contributed by atoms with van der Waals surface area (Å²) in [4.78, 5) is 23.5. The fourth-order valence-corrected chi connectivity index (χ4v) is 4.71. The second kappa shape index (κ2) is 9.41. The molecule has 0 radical (unpaired) electrons. The topological polar surface area (TPSA) is 55.3 Å². The van der Waals surface area contributed by atoms with E-state index in [1.54, 1.807) is 40.7 Å². The van der Waals surface area contributed by atoms with E-state index in [1.165, 1.54) is 0 Å². The van der Waals surface area contributed by atoms with Crippen molar-refractivity contribution in [2.75, 3.05) is 7.05 Å². The minimum Gasteiger partial charge on any atom is -0.487 e. The van der Waals surface area contributed by atoms with Crippen molar-refractivity contribution in [3.63, 3.8) is 0 Å². The van der Waals surface area contributed by atoms with E-state index in [-0.39, 0.29) is 11.9 Å². The lowest BCUT2D eigenvalue weighted by atomic mass is 10.2. The number of hydrogen-bond donors (Lipinski definition) is 0. The Morgan fingerprint density at radius 2 is 2.03 bits per heavy atom. The normalized spacial score (nSPS) is 12.4. The van der Waals surface area contributed by atoms with Gasteiger partial charge in [0.1, 0.15) is 17.4 Å². The van der Waals surface area contributed by atoms with Gasteiger partial charge in [0.05, 0.1) is 27.0 Å². The number of fused-ring (bicyclic) bond motifs is 1. The molecule has 5 nitrogen and oxygen atoms in total. The van der Waals surface area contributed by atoms with Crippen LogP contribution >= 0.6 is 22.7 Å². The Morgan fingerprint density at radius 3 is 2.81 bits per heavy atom. The maximum atomic E-state index is 12.7. The summed E-state index contributed by atoms with van der Waals surface area (Å²) in [6.07, 6.45) is 3.40. The van der Waals surface area contributed by atoms with Gasteiger partial charge in [0.2, 0.25) is 5.91 Å². The number of para-hydroxylation sites is 1. The summed E-state index contributed by atoms with van der Waals surface area (Å²) in [5.74, 6) is 0.674. The summed E-state index contributed by atoms with van der Waals surface area (Å²) < 4.78 is 6.96. The van der Waals surface area contributed by atoms with Crippen LogP contribution in [0.1, 0.15) is 34.2 Å². The molecule has 2 aromatic carbocycles. The third kappa shape index (κ3) is 5.18. The summed E-state index contributed by atoms with van der Waals surface area (Å²) >= 11 is 3.23. The Kier molecular flexibility index (Phi) is 6.44. The summed E-state index contributed by atoms with van der Waals surface area (Å²) in [6, 6.07) is 15.6. The number of thiazole rings is 2. The van der Waals surface area contributed by atoms with Crippen molar-refractivity contribution in [3.8, 4) is 5.75 Å². The van der Waals surface area contributed by atoms with Crippen molar-refractivity contribution in [1.29, 1.82) is 0 Å². The molecular weight excluding hydrogens is 426 g/mol. The molecule has 0 aliphatic carbocycles. The largest absolute Gasteiger partial charge is 0.487 e. The van der Waals surface area contributed by atoms with Crippen molar-refractivity contribution < 1.29 is 9.53 Å². The monoisotopic (exact) mass is 449 g/mol. The van der Waals surface area contributed by atoms with E-state index in [9.17, 15) is 4.79 Å². The van der Waals surface area contributed by atoms with Gasteiger partial charge < -0.3 is 9.64 Å². The van der Waals surface area contributed by atoms with E-state index >= 15 is 0 Å². The van der Waals surface area contributed by atoms with Gasteiger partial charge in [0, 0.05) is 18.5 Å². The second-order valence-electron chi connectivity index (χ2n) is 7.20. The van der Waals surface area contributed by atoms with Gasteiger partial charge in [-0.2, -0.15) is 0 Å². The molecule has 0 N–H and O–H groups in total. The van der Waals surface area contributed by atoms with Gasteiger partial charge in [-0.3, -0.25) is 4.79 Å². The number of nitrogens with zero attached hydrogens (tertiary/aromatic N) is 3. The van der Waals surface area contributed by atoms with Gasteiger partial charge >= 0.3 is 0 Å². The van der Waals surface area contributed by atoms with Crippen LogP contribution in [0.2, 0.25) is 0 Å². The van der Waals surface area contributed by atoms with Crippen LogP contribution in [-0.4, -0.2) is 27.8 Å². The van der Waals surface area contributed by atoms with Crippen LogP contribution in [0.4, 0.5) is 0 Å². The maximum Gasteiger partial charge on any atom is 0.246 e. The molecule has 31 heavy (non-hydrogen) atoms. The average molecular weight is 450 g/mol. The van der Waals surface area contributed by atoms with Gasteiger partial charge in [-0.15, -0.1) is 22.7 Å². The number of ether oxygens (including phenoxy) is 1. The third-order valence-electron chi connectivity index (χ3n) is 4.93. The molecule has 0 spiro atoms. The molecule has 1 atom stereocenters. The first kappa shape index (κ1) is 21.2. The average Bonchev–Trinajstić information content (AvgIpc) is 3.41. The van der Waals surface area contributed by atoms with Crippen LogP contribution in [-0.2, 0) is 11.4 Å². The zero-order chi connectivity index (χ0) is 21.8. The van der Waals surface area contributed by atoms with Crippen molar-refractivity contribution in [1.82, 2.24) is 14.9 Å². The number of aromatic nitrogens is 2. The maximum absolute atomic E-state index is 12.7. The van der Waals surface area contributed by atoms with Crippen LogP contribution < -0.4 is 4.74 Å². The van der Waals surface area contributed by atoms with E-state index in [2.05, 4.69) is 16.0 Å². The van der Waals surface area contributed by atoms with Gasteiger partial charge in [0.25, 0.3) is 0 Å². The molecule has 2 aromatic heterocycles. The quantitative estimate of drug-likeness (QED) is 0.331. The van der Waals surface area contributed by atoms with Gasteiger partial charge in [-0.1, -0.05) is 24.3 Å². The number of likely N-dealkylation sites (N-methyl/N-ethyl adjacent to an activating group) is 1. The first-order valence-corrected chi connectivity index (χ1v) is 11.6. The second-order valence-corrected chi connectivity index (χ2v) is 9.32. The summed E-state index contributed by atoms with van der Waals surface area (Å²) in [5.41, 5.74) is 2.79. The van der Waals surface area contributed by atoms with Gasteiger partial charge in [-0.25, -0.2) is 9.97 Å². The fourth-order valence-electron chi connectivity index (χ4n) is 3.05. The molecule has 0 aliphatic rings. The van der Waals surface area contributed by atoms with E-state index in [1.807, 2.05) is 67.8 Å². The molecule has 0 aliphatic heterocycles. The number of carbonyl (C=O) groups excluding carboxylic acids is 1. The highest BCUT2D eigenvalue weighted by molar-refractivity contribution is 7.18. The molecular formula is C24H23N3O2S2. The lowest BCUT2D eigenvalue weighted by molar-refractivity contribution is -0.126. The van der Waals surface area contributed by atoms with E-state index in [4.69, 9.17) is 4.74 Å². The molecule has 2 heterocycles. The Labute approximate surface area is 189 Å². The molecule has 7 heteroatoms. The summed E-state index contributed by atoms with van der Waals surface area (Å²) in [5, 5.41) is 3.95. The number of amides is 1. The van der Waals surface area contributed by atoms with Crippen molar-refractivity contribution >= 4 is 44.9 Å². The Morgan fingerprint density at radius 1 is 1.19 bits per heavy atom. The Hall–Kier alpha value is -3.03. The lowest BCUT2D eigenvalue weighted by Gasteiger charge is -2.21. The highest BCUT2D eigenvalue weighted by atomic mass is 32.1. The molecule has 158 valence electrons. The first-order chi connectivity index (χ1) is 15.0. The predicted octanol–water partition coefficient (Wildman–Crippen LogP) is 5.87. The van der Waals surface area contributed by atoms with Crippen LogP contribution in [0.5, 0.6) is 5.75 Å². The minimum absolute atomic E-state index is 0.0731. The summed E-state index contributed by atoms with van der Waals surface area (Å²) in [7, 11) is 1.80. The summed E-state index contributed by atoms with van der Waals surface area (Å²) in [6.45, 7) is 4.41. The fraction of sp³-hybridized carbons (Fsp3) is 0.208. The van der Waals surface area contributed by atoms with Crippen LogP contribution in [0.15, 0.2) is 60.0 Å². The van der Waals surface area contributed by atoms with Crippen LogP contribution in [0.3, 0.4) is 0 Å². The molecule has 0 bridgehead atoms. The number of benzene rings is 2. The molecule has 4 rings (SSSR count). The van der Waals surface area contributed by atoms with E-state index in [0.29, 0.717) is 6.61 Å². The van der Waals surface area contributed by atoms with E-state index < -0.39 is 0 Å². The minimum atomic E-state index is -0.106. The third-order valence-corrected chi connectivity index (χ3v) is 6.96. The zero-order valence-electron chi connectivity index (χ0n) is 17.6. The molecule has 1 unspecified atom stereocenters. The molecule has 1 amide bonds.